The van der Waals surface area contributed by atoms with E-state index in [0.717, 1.165) is 45.9 Å². The maximum absolute atomic E-state index is 12.5. The Labute approximate surface area is 235 Å². The van der Waals surface area contributed by atoms with E-state index in [1.165, 1.54) is 23.8 Å². The van der Waals surface area contributed by atoms with E-state index in [9.17, 15) is 4.79 Å². The molecule has 0 spiro atoms. The summed E-state index contributed by atoms with van der Waals surface area (Å²) in [6.07, 6.45) is 5.36. The molecule has 35 heavy (non-hydrogen) atoms. The number of aromatic nitrogens is 3. The molecule has 1 heterocycles. The van der Waals surface area contributed by atoms with Crippen molar-refractivity contribution in [1.29, 1.82) is 0 Å². The number of ether oxygens (including phenoxy) is 1. The fraction of sp³-hybridized carbons (Fsp3) is 0.565. The molecule has 12 heteroatoms. The second kappa shape index (κ2) is 20.6. The van der Waals surface area contributed by atoms with Gasteiger partial charge in [0.25, 0.3) is 6.23 Å². The van der Waals surface area contributed by atoms with Gasteiger partial charge in [0.1, 0.15) is 18.4 Å². The van der Waals surface area contributed by atoms with E-state index in [-0.39, 0.29) is 35.3 Å². The van der Waals surface area contributed by atoms with E-state index in [1.807, 2.05) is 20.8 Å². The Morgan fingerprint density at radius 3 is 2.11 bits per heavy atom. The number of nitrogens with one attached hydrogen (secondary N) is 1. The summed E-state index contributed by atoms with van der Waals surface area (Å²) in [6.45, 7) is 10.2. The van der Waals surface area contributed by atoms with Crippen LogP contribution in [-0.4, -0.2) is 52.7 Å². The molecule has 1 aromatic heterocycles. The summed E-state index contributed by atoms with van der Waals surface area (Å²) >= 11 is 5.83. The first kappa shape index (κ1) is 35.6. The fourth-order valence-electron chi connectivity index (χ4n) is 2.33. The van der Waals surface area contributed by atoms with Gasteiger partial charge in [-0.2, -0.15) is 5.10 Å². The Kier molecular flexibility index (Phi) is 21.0. The minimum absolute atomic E-state index is 0. The molecule has 0 bridgehead atoms. The van der Waals surface area contributed by atoms with Crippen LogP contribution >= 0.6 is 11.6 Å². The zero-order valence-corrected chi connectivity index (χ0v) is 24.3. The number of benzene rings is 1. The van der Waals surface area contributed by atoms with Crippen molar-refractivity contribution in [2.75, 3.05) is 26.2 Å². The van der Waals surface area contributed by atoms with Crippen LogP contribution in [-0.2, 0) is 9.59 Å². The SMILES string of the molecule is CC(=O)[O-].CC(C)(C)C(=O)C(Oc1ccc(Cl)cc1)n1cncn1.NCCCCNCCCN.[Na+]. The van der Waals surface area contributed by atoms with Crippen LogP contribution in [0, 0.1) is 5.41 Å². The van der Waals surface area contributed by atoms with Crippen molar-refractivity contribution >= 4 is 23.4 Å². The number of aliphatic carboxylic acids is 1. The normalized spacial score (nSPS) is 11.1. The van der Waals surface area contributed by atoms with Crippen LogP contribution in [0.3, 0.4) is 0 Å². The number of nitrogens with zero attached hydrogens (tertiary/aromatic N) is 3. The number of carbonyl (C=O) groups is 2. The van der Waals surface area contributed by atoms with Crippen LogP contribution in [0.4, 0.5) is 0 Å². The molecule has 10 nitrogen and oxygen atoms in total. The third-order valence-corrected chi connectivity index (χ3v) is 4.32. The van der Waals surface area contributed by atoms with Gasteiger partial charge in [-0.05, 0) is 76.6 Å². The van der Waals surface area contributed by atoms with E-state index in [4.69, 9.17) is 37.7 Å². The van der Waals surface area contributed by atoms with E-state index in [0.29, 0.717) is 10.8 Å². The standard InChI is InChI=1S/C14H16ClN3O2.C7H19N3.C2H4O2.Na/c1-14(2,3)12(19)13(18-9-16-8-17-18)20-11-6-4-10(15)5-7-11;8-4-1-2-6-10-7-3-5-9;1-2(3)4;/h4-9,13H,1-3H3;10H,1-9H2;1H3,(H,3,4);/q;;;+1/p-1. The Bertz CT molecular complexity index is 789. The maximum atomic E-state index is 12.5. The topological polar surface area (TPSA) is 161 Å². The molecule has 192 valence electrons. The summed E-state index contributed by atoms with van der Waals surface area (Å²) in [7, 11) is 0. The first-order chi connectivity index (χ1) is 16.0. The molecule has 0 saturated carbocycles. The third kappa shape index (κ3) is 18.4. The number of Topliss-reactive ketones (excluding diaryl/α,β-unsaturated/α-hetero) is 1. The molecule has 1 atom stereocenters. The number of halogens is 1. The molecular formula is C23H38ClN6NaO4. The zero-order chi connectivity index (χ0) is 26.0. The van der Waals surface area contributed by atoms with Gasteiger partial charge in [-0.15, -0.1) is 0 Å². The molecule has 1 unspecified atom stereocenters. The van der Waals surface area contributed by atoms with Gasteiger partial charge in [-0.25, -0.2) is 9.67 Å². The molecule has 0 amide bonds. The average molecular weight is 521 g/mol. The van der Waals surface area contributed by atoms with Gasteiger partial charge in [-0.3, -0.25) is 4.79 Å². The molecule has 5 N–H and O–H groups in total. The summed E-state index contributed by atoms with van der Waals surface area (Å²) in [5.41, 5.74) is 10.1. The Hall–Kier alpha value is -1.53. The van der Waals surface area contributed by atoms with Crippen molar-refractivity contribution in [3.8, 4) is 5.75 Å². The van der Waals surface area contributed by atoms with Crippen molar-refractivity contribution < 1.29 is 49.0 Å². The van der Waals surface area contributed by atoms with Crippen molar-refractivity contribution in [3.05, 3.63) is 41.9 Å². The summed E-state index contributed by atoms with van der Waals surface area (Å²) in [6, 6.07) is 6.83. The van der Waals surface area contributed by atoms with Crippen LogP contribution in [0.15, 0.2) is 36.9 Å². The predicted octanol–water partition coefficient (Wildman–Crippen LogP) is -1.45. The van der Waals surface area contributed by atoms with E-state index >= 15 is 0 Å². The molecular weight excluding hydrogens is 483 g/mol. The van der Waals surface area contributed by atoms with Gasteiger partial charge in [-0.1, -0.05) is 32.4 Å². The number of hydrogen-bond donors (Lipinski definition) is 3. The van der Waals surface area contributed by atoms with Gasteiger partial charge in [0.2, 0.25) is 5.78 Å². The van der Waals surface area contributed by atoms with Crippen LogP contribution in [0.5, 0.6) is 5.75 Å². The summed E-state index contributed by atoms with van der Waals surface area (Å²) in [4.78, 5) is 25.2. The van der Waals surface area contributed by atoms with Crippen LogP contribution in [0.2, 0.25) is 5.02 Å². The van der Waals surface area contributed by atoms with Crippen LogP contribution in [0.1, 0.15) is 53.2 Å². The van der Waals surface area contributed by atoms with Gasteiger partial charge < -0.3 is 31.4 Å². The number of carbonyl (C=O) groups excluding carboxylic acids is 2. The minimum Gasteiger partial charge on any atom is -0.550 e. The zero-order valence-electron chi connectivity index (χ0n) is 21.5. The molecule has 0 aliphatic heterocycles. The average Bonchev–Trinajstić information content (AvgIpc) is 3.29. The maximum Gasteiger partial charge on any atom is 1.00 e. The van der Waals surface area contributed by atoms with Gasteiger partial charge >= 0.3 is 29.6 Å². The summed E-state index contributed by atoms with van der Waals surface area (Å²) in [5.74, 6) is -0.620. The molecule has 2 rings (SSSR count). The fourth-order valence-corrected chi connectivity index (χ4v) is 2.45. The van der Waals surface area contributed by atoms with Crippen molar-refractivity contribution in [1.82, 2.24) is 20.1 Å². The van der Waals surface area contributed by atoms with Crippen LogP contribution < -0.4 is 56.2 Å². The van der Waals surface area contributed by atoms with Crippen LogP contribution in [0.25, 0.3) is 0 Å². The second-order valence-electron chi connectivity index (χ2n) is 8.29. The first-order valence-corrected chi connectivity index (χ1v) is 11.5. The van der Waals surface area contributed by atoms with E-state index < -0.39 is 17.6 Å². The molecule has 1 aromatic carbocycles. The minimum atomic E-state index is -1.08. The number of nitrogens with two attached hydrogens (primary N) is 2. The first-order valence-electron chi connectivity index (χ1n) is 11.1. The van der Waals surface area contributed by atoms with E-state index in [1.54, 1.807) is 24.3 Å². The summed E-state index contributed by atoms with van der Waals surface area (Å²) in [5, 5.41) is 16.8. The predicted molar refractivity (Wildman–Crippen MR) is 131 cm³/mol. The Morgan fingerprint density at radius 2 is 1.66 bits per heavy atom. The van der Waals surface area contributed by atoms with Crippen molar-refractivity contribution in [2.24, 2.45) is 16.9 Å². The summed E-state index contributed by atoms with van der Waals surface area (Å²) < 4.78 is 7.16. The van der Waals surface area contributed by atoms with Gasteiger partial charge in [0.05, 0.1) is 0 Å². The molecule has 0 aliphatic carbocycles. The molecule has 0 saturated heterocycles. The smallest absolute Gasteiger partial charge is 0.550 e. The number of rotatable bonds is 11. The molecule has 2 aromatic rings. The largest absolute Gasteiger partial charge is 1.00 e. The number of carboxylic acids is 1. The quantitative estimate of drug-likeness (QED) is 0.238. The van der Waals surface area contributed by atoms with Crippen molar-refractivity contribution in [2.45, 2.75) is 53.2 Å². The van der Waals surface area contributed by atoms with E-state index in [2.05, 4.69) is 15.4 Å². The Balaban J connectivity index is 0. The second-order valence-corrected chi connectivity index (χ2v) is 8.73. The number of hydrogen-bond acceptors (Lipinski definition) is 9. The third-order valence-electron chi connectivity index (χ3n) is 4.07. The molecule has 0 fully saturated rings. The number of carboxylic acid groups (broad SMARTS) is 1. The molecule has 0 radical (unpaired) electrons. The van der Waals surface area contributed by atoms with Gasteiger partial charge in [0, 0.05) is 16.4 Å². The monoisotopic (exact) mass is 520 g/mol. The Morgan fingerprint density at radius 1 is 1.11 bits per heavy atom. The number of unbranched alkanes of at least 4 members (excludes halogenated alkanes) is 1. The van der Waals surface area contributed by atoms with Gasteiger partial charge in [0.15, 0.2) is 0 Å². The number of ketones is 1. The molecule has 0 aliphatic rings. The van der Waals surface area contributed by atoms with Crippen molar-refractivity contribution in [3.63, 3.8) is 0 Å².